The molecule has 0 fully saturated rings. The van der Waals surface area contributed by atoms with Crippen LogP contribution >= 0.6 is 34.8 Å². The number of ether oxygens (including phenoxy) is 2. The molecular formula is C15H11Cl3O3. The summed E-state index contributed by atoms with van der Waals surface area (Å²) < 4.78 is 10.4. The quantitative estimate of drug-likeness (QED) is 0.732. The van der Waals surface area contributed by atoms with Crippen LogP contribution in [0.5, 0.6) is 5.75 Å². The van der Waals surface area contributed by atoms with Gasteiger partial charge in [0, 0.05) is 5.02 Å². The van der Waals surface area contributed by atoms with Crippen molar-refractivity contribution in [3.05, 3.63) is 63.1 Å². The van der Waals surface area contributed by atoms with E-state index in [0.717, 1.165) is 5.56 Å². The van der Waals surface area contributed by atoms with Crippen molar-refractivity contribution < 1.29 is 14.3 Å². The Hall–Kier alpha value is -1.42. The number of carbonyl (C=O) groups is 1. The van der Waals surface area contributed by atoms with Crippen molar-refractivity contribution in [2.75, 3.05) is 6.61 Å². The molecule has 2 aromatic rings. The lowest BCUT2D eigenvalue weighted by atomic mass is 10.2. The molecule has 2 rings (SSSR count). The summed E-state index contributed by atoms with van der Waals surface area (Å²) in [5, 5.41) is 1.48. The zero-order valence-electron chi connectivity index (χ0n) is 10.8. The molecule has 0 bridgehead atoms. The summed E-state index contributed by atoms with van der Waals surface area (Å²) in [5.74, 6) is 0.0712. The number of esters is 1. The Morgan fingerprint density at radius 3 is 2.33 bits per heavy atom. The van der Waals surface area contributed by atoms with E-state index in [1.165, 1.54) is 0 Å². The normalized spacial score (nSPS) is 10.2. The minimum atomic E-state index is -0.476. The van der Waals surface area contributed by atoms with Crippen LogP contribution in [0.25, 0.3) is 0 Å². The fourth-order valence-electron chi connectivity index (χ4n) is 1.51. The lowest BCUT2D eigenvalue weighted by molar-refractivity contribution is -0.147. The van der Waals surface area contributed by atoms with Crippen molar-refractivity contribution in [1.29, 1.82) is 0 Å². The van der Waals surface area contributed by atoms with Gasteiger partial charge in [0.2, 0.25) is 0 Å². The topological polar surface area (TPSA) is 35.5 Å². The molecule has 0 N–H and O–H groups in total. The monoisotopic (exact) mass is 344 g/mol. The van der Waals surface area contributed by atoms with Gasteiger partial charge < -0.3 is 9.47 Å². The Balaban J connectivity index is 1.79. The molecule has 0 amide bonds. The van der Waals surface area contributed by atoms with Gasteiger partial charge in [-0.2, -0.15) is 0 Å². The zero-order valence-corrected chi connectivity index (χ0v) is 13.1. The van der Waals surface area contributed by atoms with Crippen molar-refractivity contribution in [3.63, 3.8) is 0 Å². The Morgan fingerprint density at radius 2 is 1.67 bits per heavy atom. The SMILES string of the molecule is O=C(COc1ccc(Cl)cc1)OCc1ccc(Cl)c(Cl)c1. The second kappa shape index (κ2) is 7.55. The number of rotatable bonds is 5. The minimum Gasteiger partial charge on any atom is -0.482 e. The van der Waals surface area contributed by atoms with Gasteiger partial charge >= 0.3 is 5.97 Å². The molecule has 21 heavy (non-hydrogen) atoms. The molecule has 0 saturated heterocycles. The van der Waals surface area contributed by atoms with Gasteiger partial charge in [-0.25, -0.2) is 4.79 Å². The highest BCUT2D eigenvalue weighted by Gasteiger charge is 2.06. The fourth-order valence-corrected chi connectivity index (χ4v) is 1.95. The maximum atomic E-state index is 11.6. The summed E-state index contributed by atoms with van der Waals surface area (Å²) in [7, 11) is 0. The fraction of sp³-hybridized carbons (Fsp3) is 0.133. The molecule has 0 aromatic heterocycles. The van der Waals surface area contributed by atoms with E-state index in [4.69, 9.17) is 44.3 Å². The molecular weight excluding hydrogens is 335 g/mol. The molecule has 0 radical (unpaired) electrons. The van der Waals surface area contributed by atoms with Crippen LogP contribution in [0, 0.1) is 0 Å². The maximum Gasteiger partial charge on any atom is 0.344 e. The van der Waals surface area contributed by atoms with Crippen LogP contribution in [0.3, 0.4) is 0 Å². The van der Waals surface area contributed by atoms with Gasteiger partial charge in [0.05, 0.1) is 10.0 Å². The van der Waals surface area contributed by atoms with Gasteiger partial charge in [-0.15, -0.1) is 0 Å². The molecule has 0 aliphatic heterocycles. The third-order valence-corrected chi connectivity index (χ3v) is 3.55. The summed E-state index contributed by atoms with van der Waals surface area (Å²) in [6.07, 6.45) is 0. The highest BCUT2D eigenvalue weighted by atomic mass is 35.5. The van der Waals surface area contributed by atoms with Crippen LogP contribution in [0.2, 0.25) is 15.1 Å². The number of hydrogen-bond acceptors (Lipinski definition) is 3. The van der Waals surface area contributed by atoms with Crippen LogP contribution in [0.1, 0.15) is 5.56 Å². The summed E-state index contributed by atoms with van der Waals surface area (Å²) in [6.45, 7) is -0.0668. The van der Waals surface area contributed by atoms with E-state index in [-0.39, 0.29) is 13.2 Å². The first kappa shape index (κ1) is 16.0. The van der Waals surface area contributed by atoms with Crippen molar-refractivity contribution in [1.82, 2.24) is 0 Å². The predicted molar refractivity (Wildman–Crippen MR) is 83.2 cm³/mol. The van der Waals surface area contributed by atoms with Crippen LogP contribution in [0.4, 0.5) is 0 Å². The third kappa shape index (κ3) is 5.12. The minimum absolute atomic E-state index is 0.111. The zero-order chi connectivity index (χ0) is 15.2. The maximum absolute atomic E-state index is 11.6. The highest BCUT2D eigenvalue weighted by molar-refractivity contribution is 6.42. The standard InChI is InChI=1S/C15H11Cl3O3/c16-11-2-4-12(5-3-11)20-9-15(19)21-8-10-1-6-13(17)14(18)7-10/h1-7H,8-9H2. The van der Waals surface area contributed by atoms with E-state index in [1.54, 1.807) is 42.5 Å². The Labute approximate surface area is 137 Å². The van der Waals surface area contributed by atoms with E-state index in [9.17, 15) is 4.79 Å². The van der Waals surface area contributed by atoms with Crippen molar-refractivity contribution in [2.24, 2.45) is 0 Å². The first-order chi connectivity index (χ1) is 10.0. The Bertz CT molecular complexity index is 627. The number of halogens is 3. The van der Waals surface area contributed by atoms with Crippen LogP contribution in [-0.4, -0.2) is 12.6 Å². The van der Waals surface area contributed by atoms with Gasteiger partial charge in [0.15, 0.2) is 6.61 Å². The van der Waals surface area contributed by atoms with E-state index in [0.29, 0.717) is 20.8 Å². The van der Waals surface area contributed by atoms with Gasteiger partial charge in [-0.3, -0.25) is 0 Å². The predicted octanol–water partition coefficient (Wildman–Crippen LogP) is 4.77. The average Bonchev–Trinajstić information content (AvgIpc) is 2.48. The molecule has 3 nitrogen and oxygen atoms in total. The Kier molecular flexibility index (Phi) is 5.74. The molecule has 0 saturated carbocycles. The van der Waals surface area contributed by atoms with E-state index in [2.05, 4.69) is 0 Å². The molecule has 110 valence electrons. The summed E-state index contributed by atoms with van der Waals surface area (Å²) in [5.41, 5.74) is 0.754. The third-order valence-electron chi connectivity index (χ3n) is 2.55. The van der Waals surface area contributed by atoms with Crippen LogP contribution in [0.15, 0.2) is 42.5 Å². The van der Waals surface area contributed by atoms with E-state index >= 15 is 0 Å². The first-order valence-corrected chi connectivity index (χ1v) is 7.16. The van der Waals surface area contributed by atoms with Gasteiger partial charge in [0.1, 0.15) is 12.4 Å². The smallest absolute Gasteiger partial charge is 0.344 e. The summed E-state index contributed by atoms with van der Waals surface area (Å²) in [6, 6.07) is 11.7. The second-order valence-electron chi connectivity index (χ2n) is 4.15. The average molecular weight is 346 g/mol. The van der Waals surface area contributed by atoms with Gasteiger partial charge in [-0.1, -0.05) is 40.9 Å². The summed E-state index contributed by atoms with van der Waals surface area (Å²) in [4.78, 5) is 11.6. The molecule has 6 heteroatoms. The molecule has 0 unspecified atom stereocenters. The molecule has 0 atom stereocenters. The molecule has 0 spiro atoms. The second-order valence-corrected chi connectivity index (χ2v) is 5.40. The van der Waals surface area contributed by atoms with E-state index in [1.807, 2.05) is 0 Å². The number of hydrogen-bond donors (Lipinski definition) is 0. The lowest BCUT2D eigenvalue weighted by Crippen LogP contribution is -2.14. The van der Waals surface area contributed by atoms with Crippen molar-refractivity contribution in [3.8, 4) is 5.75 Å². The largest absolute Gasteiger partial charge is 0.482 e. The molecule has 0 aliphatic carbocycles. The molecule has 0 heterocycles. The molecule has 0 aliphatic rings. The number of carbonyl (C=O) groups excluding carboxylic acids is 1. The Morgan fingerprint density at radius 1 is 0.952 bits per heavy atom. The lowest BCUT2D eigenvalue weighted by Gasteiger charge is -2.07. The first-order valence-electron chi connectivity index (χ1n) is 6.02. The van der Waals surface area contributed by atoms with Gasteiger partial charge in [0.25, 0.3) is 0 Å². The van der Waals surface area contributed by atoms with Crippen LogP contribution in [-0.2, 0) is 16.1 Å². The van der Waals surface area contributed by atoms with Crippen molar-refractivity contribution >= 4 is 40.8 Å². The molecule has 2 aromatic carbocycles. The highest BCUT2D eigenvalue weighted by Crippen LogP contribution is 2.23. The van der Waals surface area contributed by atoms with Crippen LogP contribution < -0.4 is 4.74 Å². The van der Waals surface area contributed by atoms with E-state index < -0.39 is 5.97 Å². The van der Waals surface area contributed by atoms with Crippen molar-refractivity contribution in [2.45, 2.75) is 6.61 Å². The van der Waals surface area contributed by atoms with Gasteiger partial charge in [-0.05, 0) is 42.0 Å². The number of benzene rings is 2. The summed E-state index contributed by atoms with van der Waals surface area (Å²) >= 11 is 17.4.